The lowest BCUT2D eigenvalue weighted by atomic mass is 10.0. The number of pyridine rings is 1. The van der Waals surface area contributed by atoms with E-state index in [1.807, 2.05) is 6.07 Å². The Bertz CT molecular complexity index is 1030. The largest absolute Gasteiger partial charge is 0.407 e. The first-order valence-electron chi connectivity index (χ1n) is 11.5. The molecule has 2 aromatic rings. The number of anilines is 2. The van der Waals surface area contributed by atoms with Crippen LogP contribution < -0.4 is 15.8 Å². The molecule has 0 spiro atoms. The second-order valence-electron chi connectivity index (χ2n) is 9.28. The minimum Gasteiger partial charge on any atom is -0.360 e. The van der Waals surface area contributed by atoms with Gasteiger partial charge in [0.05, 0.1) is 29.8 Å². The molecule has 1 fully saturated rings. The molecule has 0 atom stereocenters. The Kier molecular flexibility index (Phi) is 8.09. The summed E-state index contributed by atoms with van der Waals surface area (Å²) < 4.78 is 54.6. The smallest absolute Gasteiger partial charge is 0.360 e. The number of hydrogen-bond donors (Lipinski definition) is 2. The van der Waals surface area contributed by atoms with Gasteiger partial charge in [0.2, 0.25) is 0 Å². The maximum atomic E-state index is 15.4. The molecule has 0 unspecified atom stereocenters. The van der Waals surface area contributed by atoms with Crippen molar-refractivity contribution in [3.63, 3.8) is 0 Å². The van der Waals surface area contributed by atoms with E-state index in [-0.39, 0.29) is 11.9 Å². The molecule has 1 aliphatic carbocycles. The lowest BCUT2D eigenvalue weighted by Crippen LogP contribution is -2.54. The Labute approximate surface area is 199 Å². The number of rotatable bonds is 8. The van der Waals surface area contributed by atoms with E-state index >= 15 is 4.39 Å². The number of benzene rings is 1. The molecule has 0 aliphatic heterocycles. The predicted octanol–water partition coefficient (Wildman–Crippen LogP) is 6.30. The third-order valence-electron chi connectivity index (χ3n) is 6.29. The van der Waals surface area contributed by atoms with Crippen LogP contribution in [0.3, 0.4) is 0 Å². The monoisotopic (exact) mass is 476 g/mol. The zero-order chi connectivity index (χ0) is 24.9. The van der Waals surface area contributed by atoms with Crippen molar-refractivity contribution in [2.75, 3.05) is 10.3 Å². The van der Waals surface area contributed by atoms with Crippen LogP contribution in [0.25, 0.3) is 0 Å². The van der Waals surface area contributed by atoms with E-state index in [4.69, 9.17) is 0 Å². The van der Waals surface area contributed by atoms with Gasteiger partial charge in [-0.2, -0.15) is 13.2 Å². The summed E-state index contributed by atoms with van der Waals surface area (Å²) in [5.74, 6) is 5.70. The van der Waals surface area contributed by atoms with Gasteiger partial charge in [0.25, 0.3) is 0 Å². The van der Waals surface area contributed by atoms with Crippen molar-refractivity contribution in [1.82, 2.24) is 10.4 Å². The van der Waals surface area contributed by atoms with Gasteiger partial charge in [-0.05, 0) is 63.8 Å². The second kappa shape index (κ2) is 10.6. The highest BCUT2D eigenvalue weighted by atomic mass is 19.4. The third-order valence-corrected chi connectivity index (χ3v) is 6.29. The zero-order valence-corrected chi connectivity index (χ0v) is 20.1. The lowest BCUT2D eigenvalue weighted by molar-refractivity contribution is -0.184. The molecule has 1 aliphatic rings. The van der Waals surface area contributed by atoms with Crippen LogP contribution >= 0.6 is 0 Å². The summed E-state index contributed by atoms with van der Waals surface area (Å²) in [7, 11) is 0. The summed E-state index contributed by atoms with van der Waals surface area (Å²) in [5, 5.41) is 0. The fourth-order valence-electron chi connectivity index (χ4n) is 4.01. The number of aryl methyl sites for hydroxylation is 1. The van der Waals surface area contributed by atoms with Crippen molar-refractivity contribution >= 4 is 11.4 Å². The van der Waals surface area contributed by atoms with Crippen molar-refractivity contribution in [1.29, 1.82) is 0 Å². The van der Waals surface area contributed by atoms with Gasteiger partial charge in [-0.25, -0.2) is 9.82 Å². The molecule has 184 valence electrons. The molecule has 3 rings (SSSR count). The number of hydrogen-bond acceptors (Lipinski definition) is 4. The van der Waals surface area contributed by atoms with Crippen molar-refractivity contribution in [3.8, 4) is 11.8 Å². The minimum atomic E-state index is -4.41. The summed E-state index contributed by atoms with van der Waals surface area (Å²) >= 11 is 0. The van der Waals surface area contributed by atoms with Crippen molar-refractivity contribution in [2.45, 2.75) is 84.1 Å². The van der Waals surface area contributed by atoms with Gasteiger partial charge in [0.1, 0.15) is 11.4 Å². The van der Waals surface area contributed by atoms with Crippen molar-refractivity contribution in [3.05, 3.63) is 53.1 Å². The van der Waals surface area contributed by atoms with Crippen molar-refractivity contribution < 1.29 is 17.6 Å². The topological polar surface area (TPSA) is 40.2 Å². The highest BCUT2D eigenvalue weighted by Crippen LogP contribution is 2.35. The number of hydrazine groups is 1. The average molecular weight is 477 g/mol. The van der Waals surface area contributed by atoms with Gasteiger partial charge in [0, 0.05) is 12.5 Å². The minimum absolute atomic E-state index is 0.193. The first kappa shape index (κ1) is 25.8. The van der Waals surface area contributed by atoms with E-state index in [9.17, 15) is 13.2 Å². The first-order chi connectivity index (χ1) is 16.0. The number of aromatic nitrogens is 1. The zero-order valence-electron chi connectivity index (χ0n) is 20.1. The normalized spacial score (nSPS) is 14.6. The Morgan fingerprint density at radius 1 is 1.12 bits per heavy atom. The summed E-state index contributed by atoms with van der Waals surface area (Å²) in [6, 6.07) is 7.34. The van der Waals surface area contributed by atoms with Crippen molar-refractivity contribution in [2.24, 2.45) is 0 Å². The fraction of sp³-hybridized carbons (Fsp3) is 0.500. The van der Waals surface area contributed by atoms with Crippen LogP contribution in [0.15, 0.2) is 30.5 Å². The molecule has 34 heavy (non-hydrogen) atoms. The molecule has 0 saturated heterocycles. The molecule has 0 radical (unpaired) electrons. The SMILES string of the molecule is CC#CCc1ccc(C)c(F)c1N(Cc1ccc(NNC(C)(C)C(F)(F)F)cn1)C1CCCC1. The Morgan fingerprint density at radius 3 is 2.41 bits per heavy atom. The van der Waals surface area contributed by atoms with Crippen LogP contribution in [0.1, 0.15) is 63.3 Å². The summed E-state index contributed by atoms with van der Waals surface area (Å²) in [5.41, 5.74) is 5.91. The van der Waals surface area contributed by atoms with E-state index in [0.717, 1.165) is 45.1 Å². The molecule has 1 heterocycles. The number of nitrogens with zero attached hydrogens (tertiary/aromatic N) is 2. The summed E-state index contributed by atoms with van der Waals surface area (Å²) in [6.07, 6.45) is 1.67. The maximum absolute atomic E-state index is 15.4. The van der Waals surface area contributed by atoms with Crippen LogP contribution in [-0.2, 0) is 13.0 Å². The van der Waals surface area contributed by atoms with Gasteiger partial charge < -0.3 is 10.3 Å². The number of alkyl halides is 3. The van der Waals surface area contributed by atoms with Gasteiger partial charge in [0.15, 0.2) is 0 Å². The fourth-order valence-corrected chi connectivity index (χ4v) is 4.01. The Hall–Kier alpha value is -2.79. The summed E-state index contributed by atoms with van der Waals surface area (Å²) in [6.45, 7) is 6.04. The molecular formula is C26H32F4N4. The molecule has 0 amide bonds. The highest BCUT2D eigenvalue weighted by Gasteiger charge is 2.47. The standard InChI is InChI=1S/C26H32F4N4/c1-5-6-9-19-13-12-18(2)23(27)24(19)34(22-10-7-8-11-22)17-21-15-14-20(16-31-21)32-33-25(3,4)26(28,29)30/h12-16,22,32-33H,7-11,17H2,1-4H3. The number of halogens is 4. The molecule has 4 nitrogen and oxygen atoms in total. The van der Waals surface area contributed by atoms with E-state index < -0.39 is 11.7 Å². The molecule has 8 heteroatoms. The van der Waals surface area contributed by atoms with Crippen LogP contribution in [0.5, 0.6) is 0 Å². The second-order valence-corrected chi connectivity index (χ2v) is 9.28. The third kappa shape index (κ3) is 6.01. The van der Waals surface area contributed by atoms with Gasteiger partial charge in [-0.15, -0.1) is 5.92 Å². The molecule has 1 aromatic carbocycles. The van der Waals surface area contributed by atoms with Crippen LogP contribution in [0.2, 0.25) is 0 Å². The molecule has 1 aromatic heterocycles. The van der Waals surface area contributed by atoms with E-state index in [0.29, 0.717) is 35.6 Å². The van der Waals surface area contributed by atoms with E-state index in [1.165, 1.54) is 6.20 Å². The summed E-state index contributed by atoms with van der Waals surface area (Å²) in [4.78, 5) is 6.55. The van der Waals surface area contributed by atoms with E-state index in [1.54, 1.807) is 32.0 Å². The number of nitrogens with one attached hydrogen (secondary N) is 2. The molecule has 0 bridgehead atoms. The van der Waals surface area contributed by atoms with Gasteiger partial charge in [-0.1, -0.05) is 30.9 Å². The highest BCUT2D eigenvalue weighted by molar-refractivity contribution is 5.59. The van der Waals surface area contributed by atoms with E-state index in [2.05, 4.69) is 32.6 Å². The quantitative estimate of drug-likeness (QED) is 0.266. The maximum Gasteiger partial charge on any atom is 0.407 e. The van der Waals surface area contributed by atoms with Crippen LogP contribution in [-0.4, -0.2) is 22.7 Å². The lowest BCUT2D eigenvalue weighted by Gasteiger charge is -2.33. The van der Waals surface area contributed by atoms with Crippen LogP contribution in [0, 0.1) is 24.6 Å². The predicted molar refractivity (Wildman–Crippen MR) is 128 cm³/mol. The van der Waals surface area contributed by atoms with Gasteiger partial charge >= 0.3 is 6.18 Å². The van der Waals surface area contributed by atoms with Gasteiger partial charge in [-0.3, -0.25) is 4.98 Å². The molecular weight excluding hydrogens is 444 g/mol. The Morgan fingerprint density at radius 2 is 1.82 bits per heavy atom. The Balaban J connectivity index is 1.84. The average Bonchev–Trinajstić information content (AvgIpc) is 3.32. The molecule has 2 N–H and O–H groups in total. The first-order valence-corrected chi connectivity index (χ1v) is 11.5. The van der Waals surface area contributed by atoms with Crippen LogP contribution in [0.4, 0.5) is 28.9 Å². The molecule has 1 saturated carbocycles.